The normalized spacial score (nSPS) is 10.9. The minimum Gasteiger partial charge on any atom is -0.468 e. The number of rotatable bonds is 7. The number of anilines is 1. The van der Waals surface area contributed by atoms with Gasteiger partial charge in [-0.2, -0.15) is 0 Å². The molecule has 0 unspecified atom stereocenters. The van der Waals surface area contributed by atoms with Crippen molar-refractivity contribution in [3.63, 3.8) is 0 Å². The van der Waals surface area contributed by atoms with Crippen molar-refractivity contribution in [2.45, 2.75) is 13.1 Å². The summed E-state index contributed by atoms with van der Waals surface area (Å²) in [5.41, 5.74) is 0.191. The summed E-state index contributed by atoms with van der Waals surface area (Å²) in [6.45, 7) is 1.28. The molecule has 0 bridgehead atoms. The summed E-state index contributed by atoms with van der Waals surface area (Å²) in [5, 5.41) is 4.62. The molecule has 3 aromatic rings. The monoisotopic (exact) mass is 344 g/mol. The van der Waals surface area contributed by atoms with E-state index >= 15 is 0 Å². The number of halogens is 1. The Morgan fingerprint density at radius 3 is 2.71 bits per heavy atom. The van der Waals surface area contributed by atoms with E-state index in [1.54, 1.807) is 35.8 Å². The van der Waals surface area contributed by atoms with Crippen molar-refractivity contribution in [2.24, 2.45) is 0 Å². The van der Waals surface area contributed by atoms with E-state index in [1.165, 1.54) is 6.07 Å². The van der Waals surface area contributed by atoms with E-state index < -0.39 is 5.82 Å². The summed E-state index contributed by atoms with van der Waals surface area (Å²) < 4.78 is 19.0. The number of carbonyl (C=O) groups excluding carboxylic acids is 1. The molecular formula is C18H17FN2O2S. The second kappa shape index (κ2) is 7.90. The van der Waals surface area contributed by atoms with Crippen molar-refractivity contribution in [1.29, 1.82) is 0 Å². The first-order valence-corrected chi connectivity index (χ1v) is 8.40. The van der Waals surface area contributed by atoms with Crippen molar-refractivity contribution in [1.82, 2.24) is 4.90 Å². The fourth-order valence-electron chi connectivity index (χ4n) is 2.37. The smallest absolute Gasteiger partial charge is 0.238 e. The molecule has 1 N–H and O–H groups in total. The maximum Gasteiger partial charge on any atom is 0.238 e. The van der Waals surface area contributed by atoms with Crippen molar-refractivity contribution >= 4 is 22.9 Å². The Hall–Kier alpha value is -2.44. The Morgan fingerprint density at radius 1 is 1.12 bits per heavy atom. The highest BCUT2D eigenvalue weighted by Crippen LogP contribution is 2.16. The predicted octanol–water partition coefficient (Wildman–Crippen LogP) is 4.12. The van der Waals surface area contributed by atoms with Crippen molar-refractivity contribution < 1.29 is 13.6 Å². The quantitative estimate of drug-likeness (QED) is 0.701. The van der Waals surface area contributed by atoms with Crippen LogP contribution in [-0.4, -0.2) is 17.4 Å². The van der Waals surface area contributed by atoms with Gasteiger partial charge < -0.3 is 9.73 Å². The van der Waals surface area contributed by atoms with Crippen molar-refractivity contribution in [3.05, 3.63) is 76.6 Å². The van der Waals surface area contributed by atoms with E-state index in [2.05, 4.69) is 5.32 Å². The Balaban J connectivity index is 1.66. The summed E-state index contributed by atoms with van der Waals surface area (Å²) in [6, 6.07) is 13.8. The Bertz CT molecular complexity index is 736. The second-order valence-electron chi connectivity index (χ2n) is 5.33. The topological polar surface area (TPSA) is 45.5 Å². The zero-order valence-electron chi connectivity index (χ0n) is 12.9. The average Bonchev–Trinajstić information content (AvgIpc) is 3.23. The van der Waals surface area contributed by atoms with Crippen LogP contribution in [0.15, 0.2) is 64.6 Å². The highest BCUT2D eigenvalue weighted by molar-refractivity contribution is 7.09. The van der Waals surface area contributed by atoms with Gasteiger partial charge in [-0.1, -0.05) is 18.2 Å². The molecule has 0 atom stereocenters. The molecule has 1 amide bonds. The molecule has 0 fully saturated rings. The van der Waals surface area contributed by atoms with E-state index in [-0.39, 0.29) is 18.1 Å². The molecule has 2 aromatic heterocycles. The van der Waals surface area contributed by atoms with Crippen LogP contribution in [0.1, 0.15) is 10.6 Å². The summed E-state index contributed by atoms with van der Waals surface area (Å²) in [5.74, 6) is 0.0788. The van der Waals surface area contributed by atoms with Gasteiger partial charge in [-0.25, -0.2) is 4.39 Å². The first-order valence-electron chi connectivity index (χ1n) is 7.52. The number of nitrogens with zero attached hydrogens (tertiary/aromatic N) is 1. The molecule has 24 heavy (non-hydrogen) atoms. The molecule has 6 heteroatoms. The van der Waals surface area contributed by atoms with Crippen LogP contribution in [-0.2, 0) is 17.9 Å². The minimum atomic E-state index is -0.443. The van der Waals surface area contributed by atoms with Gasteiger partial charge in [0, 0.05) is 11.4 Å². The molecular weight excluding hydrogens is 327 g/mol. The van der Waals surface area contributed by atoms with Gasteiger partial charge in [0.05, 0.1) is 25.0 Å². The first-order chi connectivity index (χ1) is 11.7. The first kappa shape index (κ1) is 16.4. The number of carbonyl (C=O) groups is 1. The molecule has 1 aromatic carbocycles. The SMILES string of the molecule is O=C(CN(Cc1ccco1)Cc1cccs1)Nc1ccccc1F. The fraction of sp³-hybridized carbons (Fsp3) is 0.167. The Morgan fingerprint density at radius 2 is 2.00 bits per heavy atom. The van der Waals surface area contributed by atoms with Gasteiger partial charge in [0.25, 0.3) is 0 Å². The van der Waals surface area contributed by atoms with Crippen molar-refractivity contribution in [3.8, 4) is 0 Å². The number of furan rings is 1. The van der Waals surface area contributed by atoms with Crippen LogP contribution < -0.4 is 5.32 Å². The van der Waals surface area contributed by atoms with Gasteiger partial charge in [0.2, 0.25) is 5.91 Å². The zero-order valence-corrected chi connectivity index (χ0v) is 13.8. The summed E-state index contributed by atoms with van der Waals surface area (Å²) in [7, 11) is 0. The Kier molecular flexibility index (Phi) is 5.40. The lowest BCUT2D eigenvalue weighted by molar-refractivity contribution is -0.117. The van der Waals surface area contributed by atoms with Crippen LogP contribution in [0, 0.1) is 5.82 Å². The van der Waals surface area contributed by atoms with E-state index in [1.807, 2.05) is 34.5 Å². The lowest BCUT2D eigenvalue weighted by Gasteiger charge is -2.20. The standard InChI is InChI=1S/C18H17FN2O2S/c19-16-7-1-2-8-17(16)20-18(22)13-21(11-14-5-3-9-23-14)12-15-6-4-10-24-15/h1-10H,11-13H2,(H,20,22). The lowest BCUT2D eigenvalue weighted by atomic mass is 10.3. The third kappa shape index (κ3) is 4.53. The molecule has 4 nitrogen and oxygen atoms in total. The number of thiophene rings is 1. The van der Waals surface area contributed by atoms with Crippen molar-refractivity contribution in [2.75, 3.05) is 11.9 Å². The van der Waals surface area contributed by atoms with Gasteiger partial charge in [0.15, 0.2) is 0 Å². The highest BCUT2D eigenvalue weighted by atomic mass is 32.1. The van der Waals surface area contributed by atoms with E-state index in [9.17, 15) is 9.18 Å². The van der Waals surface area contributed by atoms with E-state index in [4.69, 9.17) is 4.42 Å². The van der Waals surface area contributed by atoms with Gasteiger partial charge >= 0.3 is 0 Å². The number of nitrogens with one attached hydrogen (secondary N) is 1. The molecule has 0 saturated heterocycles. The molecule has 2 heterocycles. The van der Waals surface area contributed by atoms with Crippen LogP contribution in [0.4, 0.5) is 10.1 Å². The average molecular weight is 344 g/mol. The van der Waals surface area contributed by atoms with E-state index in [0.717, 1.165) is 10.6 Å². The van der Waals surface area contributed by atoms with Crippen LogP contribution in [0.2, 0.25) is 0 Å². The lowest BCUT2D eigenvalue weighted by Crippen LogP contribution is -2.32. The van der Waals surface area contributed by atoms with Gasteiger partial charge in [-0.3, -0.25) is 9.69 Å². The molecule has 124 valence electrons. The molecule has 0 spiro atoms. The molecule has 0 aliphatic carbocycles. The highest BCUT2D eigenvalue weighted by Gasteiger charge is 2.15. The van der Waals surface area contributed by atoms with Crippen LogP contribution in [0.5, 0.6) is 0 Å². The molecule has 3 rings (SSSR count). The predicted molar refractivity (Wildman–Crippen MR) is 92.2 cm³/mol. The van der Waals surface area contributed by atoms with Crippen LogP contribution >= 0.6 is 11.3 Å². The van der Waals surface area contributed by atoms with Crippen LogP contribution in [0.3, 0.4) is 0 Å². The number of hydrogen-bond acceptors (Lipinski definition) is 4. The number of hydrogen-bond donors (Lipinski definition) is 1. The third-order valence-corrected chi connectivity index (χ3v) is 4.30. The number of amides is 1. The van der Waals surface area contributed by atoms with E-state index in [0.29, 0.717) is 13.1 Å². The molecule has 0 saturated carbocycles. The summed E-state index contributed by atoms with van der Waals surface area (Å²) in [6.07, 6.45) is 1.61. The van der Waals surface area contributed by atoms with Gasteiger partial charge in [-0.05, 0) is 35.7 Å². The molecule has 0 aliphatic heterocycles. The Labute approximate surface area is 143 Å². The van der Waals surface area contributed by atoms with Gasteiger partial charge in [0.1, 0.15) is 11.6 Å². The van der Waals surface area contributed by atoms with Gasteiger partial charge in [-0.15, -0.1) is 11.3 Å². The zero-order chi connectivity index (χ0) is 16.8. The fourth-order valence-corrected chi connectivity index (χ4v) is 3.12. The largest absolute Gasteiger partial charge is 0.468 e. The molecule has 0 radical (unpaired) electrons. The minimum absolute atomic E-state index is 0.146. The number of benzene rings is 1. The summed E-state index contributed by atoms with van der Waals surface area (Å²) in [4.78, 5) is 15.4. The van der Waals surface area contributed by atoms with Crippen LogP contribution in [0.25, 0.3) is 0 Å². The molecule has 0 aliphatic rings. The maximum atomic E-state index is 13.7. The summed E-state index contributed by atoms with van der Waals surface area (Å²) >= 11 is 1.63. The third-order valence-electron chi connectivity index (χ3n) is 3.43. The maximum absolute atomic E-state index is 13.7. The second-order valence-corrected chi connectivity index (χ2v) is 6.36. The number of para-hydroxylation sites is 1.